The van der Waals surface area contributed by atoms with Crippen LogP contribution in [-0.2, 0) is 11.2 Å². The molecule has 2 aromatic carbocycles. The van der Waals surface area contributed by atoms with Crippen LogP contribution in [0.1, 0.15) is 11.1 Å². The van der Waals surface area contributed by atoms with Gasteiger partial charge < -0.3 is 4.74 Å². The molecule has 2 aromatic rings. The average Bonchev–Trinajstić information content (AvgIpc) is 2.50. The van der Waals surface area contributed by atoms with Gasteiger partial charge in [-0.25, -0.2) is 0 Å². The first-order valence-corrected chi connectivity index (χ1v) is 7.50. The Morgan fingerprint density at radius 2 is 1.58 bits per heavy atom. The molecule has 0 atom stereocenters. The van der Waals surface area contributed by atoms with Crippen LogP contribution in [-0.4, -0.2) is 12.4 Å². The molecule has 0 radical (unpaired) electrons. The number of allylic oxidation sites excluding steroid dienone is 1. The maximum absolute atomic E-state index is 5.91. The van der Waals surface area contributed by atoms with Gasteiger partial charge in [0.2, 0.25) is 0 Å². The Labute approximate surface area is 118 Å². The maximum atomic E-state index is 5.91. The number of ether oxygens (including phenoxy) is 1. The molecule has 1 heterocycles. The Morgan fingerprint density at radius 3 is 2.32 bits per heavy atom. The standard InChI is InChI=1S/C17H16OS/c1-3-7-14(8-4-1)13-16-17(18-11-12-19-16)15-9-5-2-6-10-15/h1-10H,11-13H2. The minimum Gasteiger partial charge on any atom is -0.491 e. The SMILES string of the molecule is c1ccc(CC2=C(c3ccccc3)OCCS2)cc1. The van der Waals surface area contributed by atoms with Crippen LogP contribution >= 0.6 is 11.8 Å². The highest BCUT2D eigenvalue weighted by atomic mass is 32.2. The molecule has 0 N–H and O–H groups in total. The van der Waals surface area contributed by atoms with E-state index in [1.165, 1.54) is 16.0 Å². The molecule has 0 saturated carbocycles. The number of hydrogen-bond donors (Lipinski definition) is 0. The molecule has 0 aliphatic carbocycles. The van der Waals surface area contributed by atoms with Crippen molar-refractivity contribution in [1.29, 1.82) is 0 Å². The second-order valence-electron chi connectivity index (χ2n) is 4.48. The molecular weight excluding hydrogens is 252 g/mol. The van der Waals surface area contributed by atoms with Gasteiger partial charge in [0.25, 0.3) is 0 Å². The van der Waals surface area contributed by atoms with Crippen LogP contribution < -0.4 is 0 Å². The van der Waals surface area contributed by atoms with Crippen LogP contribution in [0.2, 0.25) is 0 Å². The van der Waals surface area contributed by atoms with Crippen molar-refractivity contribution >= 4 is 17.5 Å². The van der Waals surface area contributed by atoms with Crippen molar-refractivity contribution in [2.24, 2.45) is 0 Å². The Kier molecular flexibility index (Phi) is 3.89. The fourth-order valence-electron chi connectivity index (χ4n) is 2.20. The van der Waals surface area contributed by atoms with Gasteiger partial charge in [0.15, 0.2) is 0 Å². The minimum atomic E-state index is 0.799. The lowest BCUT2D eigenvalue weighted by Crippen LogP contribution is -2.07. The molecule has 0 unspecified atom stereocenters. The van der Waals surface area contributed by atoms with Crippen LogP contribution in [0.3, 0.4) is 0 Å². The maximum Gasteiger partial charge on any atom is 0.136 e. The van der Waals surface area contributed by atoms with Gasteiger partial charge in [-0.05, 0) is 5.56 Å². The zero-order valence-electron chi connectivity index (χ0n) is 10.7. The molecule has 1 nitrogen and oxygen atoms in total. The van der Waals surface area contributed by atoms with E-state index in [1.54, 1.807) is 0 Å². The van der Waals surface area contributed by atoms with Crippen LogP contribution in [0, 0.1) is 0 Å². The summed E-state index contributed by atoms with van der Waals surface area (Å²) in [5, 5.41) is 0. The number of benzene rings is 2. The molecule has 3 rings (SSSR count). The Bertz CT molecular complexity index is 560. The first kappa shape index (κ1) is 12.4. The smallest absolute Gasteiger partial charge is 0.136 e. The largest absolute Gasteiger partial charge is 0.491 e. The first-order valence-electron chi connectivity index (χ1n) is 6.51. The van der Waals surface area contributed by atoms with Gasteiger partial charge in [0.1, 0.15) is 5.76 Å². The van der Waals surface area contributed by atoms with E-state index in [2.05, 4.69) is 54.6 Å². The zero-order valence-corrected chi connectivity index (χ0v) is 11.5. The molecule has 0 saturated heterocycles. The molecular formula is C17H16OS. The highest BCUT2D eigenvalue weighted by Gasteiger charge is 2.16. The lowest BCUT2D eigenvalue weighted by atomic mass is 10.1. The van der Waals surface area contributed by atoms with Crippen molar-refractivity contribution in [2.75, 3.05) is 12.4 Å². The highest BCUT2D eigenvalue weighted by Crippen LogP contribution is 2.34. The Morgan fingerprint density at radius 1 is 0.895 bits per heavy atom. The van der Waals surface area contributed by atoms with Gasteiger partial charge in [0, 0.05) is 22.6 Å². The minimum absolute atomic E-state index is 0.799. The molecule has 0 amide bonds. The summed E-state index contributed by atoms with van der Waals surface area (Å²) >= 11 is 1.92. The van der Waals surface area contributed by atoms with E-state index in [0.29, 0.717) is 0 Å². The Balaban J connectivity index is 1.93. The van der Waals surface area contributed by atoms with Crippen molar-refractivity contribution in [3.63, 3.8) is 0 Å². The van der Waals surface area contributed by atoms with Gasteiger partial charge in [-0.2, -0.15) is 0 Å². The summed E-state index contributed by atoms with van der Waals surface area (Å²) in [6, 6.07) is 21.0. The summed E-state index contributed by atoms with van der Waals surface area (Å²) in [6.07, 6.45) is 0.954. The van der Waals surface area contributed by atoms with Gasteiger partial charge in [-0.3, -0.25) is 0 Å². The molecule has 19 heavy (non-hydrogen) atoms. The fraction of sp³-hybridized carbons (Fsp3) is 0.176. The van der Waals surface area contributed by atoms with E-state index < -0.39 is 0 Å². The van der Waals surface area contributed by atoms with Crippen molar-refractivity contribution < 1.29 is 4.74 Å². The van der Waals surface area contributed by atoms with Crippen molar-refractivity contribution in [3.05, 3.63) is 76.7 Å². The van der Waals surface area contributed by atoms with Crippen molar-refractivity contribution in [2.45, 2.75) is 6.42 Å². The summed E-state index contributed by atoms with van der Waals surface area (Å²) in [7, 11) is 0. The predicted octanol–water partition coefficient (Wildman–Crippen LogP) is 4.36. The van der Waals surface area contributed by atoms with E-state index in [0.717, 1.165) is 24.5 Å². The van der Waals surface area contributed by atoms with E-state index in [4.69, 9.17) is 4.74 Å². The zero-order chi connectivity index (χ0) is 12.9. The third-order valence-electron chi connectivity index (χ3n) is 3.10. The topological polar surface area (TPSA) is 9.23 Å². The average molecular weight is 268 g/mol. The highest BCUT2D eigenvalue weighted by molar-refractivity contribution is 8.03. The summed E-state index contributed by atoms with van der Waals surface area (Å²) < 4.78 is 5.91. The first-order chi connectivity index (χ1) is 9.43. The second-order valence-corrected chi connectivity index (χ2v) is 5.67. The molecule has 0 aromatic heterocycles. The second kappa shape index (κ2) is 5.98. The third kappa shape index (κ3) is 3.02. The van der Waals surface area contributed by atoms with E-state index in [9.17, 15) is 0 Å². The number of hydrogen-bond acceptors (Lipinski definition) is 2. The normalized spacial score (nSPS) is 15.2. The van der Waals surface area contributed by atoms with E-state index in [-0.39, 0.29) is 0 Å². The molecule has 1 aliphatic rings. The fourth-order valence-corrected chi connectivity index (χ4v) is 3.19. The molecule has 0 bridgehead atoms. The summed E-state index contributed by atoms with van der Waals surface area (Å²) in [6.45, 7) is 0.799. The van der Waals surface area contributed by atoms with Crippen LogP contribution in [0.15, 0.2) is 65.6 Å². The summed E-state index contributed by atoms with van der Waals surface area (Å²) in [5.41, 5.74) is 2.52. The quantitative estimate of drug-likeness (QED) is 0.818. The van der Waals surface area contributed by atoms with Crippen molar-refractivity contribution in [1.82, 2.24) is 0 Å². The van der Waals surface area contributed by atoms with Crippen LogP contribution in [0.5, 0.6) is 0 Å². The molecule has 0 fully saturated rings. The van der Waals surface area contributed by atoms with E-state index in [1.807, 2.05) is 17.8 Å². The Hall–Kier alpha value is -1.67. The predicted molar refractivity (Wildman–Crippen MR) is 81.9 cm³/mol. The number of thioether (sulfide) groups is 1. The summed E-state index contributed by atoms with van der Waals surface area (Å²) in [5.74, 6) is 2.10. The van der Waals surface area contributed by atoms with Gasteiger partial charge >= 0.3 is 0 Å². The number of rotatable bonds is 3. The lowest BCUT2D eigenvalue weighted by Gasteiger charge is -2.21. The van der Waals surface area contributed by atoms with E-state index >= 15 is 0 Å². The molecule has 2 heteroatoms. The monoisotopic (exact) mass is 268 g/mol. The molecule has 0 spiro atoms. The van der Waals surface area contributed by atoms with Crippen LogP contribution in [0.25, 0.3) is 5.76 Å². The molecule has 1 aliphatic heterocycles. The molecule has 96 valence electrons. The lowest BCUT2D eigenvalue weighted by molar-refractivity contribution is 0.297. The van der Waals surface area contributed by atoms with Crippen LogP contribution in [0.4, 0.5) is 0 Å². The van der Waals surface area contributed by atoms with Crippen molar-refractivity contribution in [3.8, 4) is 0 Å². The van der Waals surface area contributed by atoms with Gasteiger partial charge in [0.05, 0.1) is 6.61 Å². The third-order valence-corrected chi connectivity index (χ3v) is 4.15. The van der Waals surface area contributed by atoms with Gasteiger partial charge in [-0.15, -0.1) is 11.8 Å². The summed E-state index contributed by atoms with van der Waals surface area (Å²) in [4.78, 5) is 1.34. The van der Waals surface area contributed by atoms with Gasteiger partial charge in [-0.1, -0.05) is 60.7 Å².